The highest BCUT2D eigenvalue weighted by atomic mass is 32.2. The van der Waals surface area contributed by atoms with Crippen molar-refractivity contribution in [3.05, 3.63) is 59.4 Å². The zero-order valence-electron chi connectivity index (χ0n) is 11.1. The van der Waals surface area contributed by atoms with E-state index in [1.165, 1.54) is 0 Å². The number of nitrogens with two attached hydrogens (primary N) is 1. The van der Waals surface area contributed by atoms with E-state index in [1.807, 2.05) is 6.92 Å². The van der Waals surface area contributed by atoms with Crippen LogP contribution >= 0.6 is 0 Å². The molecule has 110 valence electrons. The summed E-state index contributed by atoms with van der Waals surface area (Å²) in [5.74, 6) is -1.29. The van der Waals surface area contributed by atoms with Gasteiger partial charge in [0.05, 0.1) is 10.6 Å². The highest BCUT2D eigenvalue weighted by Gasteiger charge is 2.14. The number of nitrogens with one attached hydrogen (secondary N) is 1. The van der Waals surface area contributed by atoms with Gasteiger partial charge in [0.15, 0.2) is 0 Å². The summed E-state index contributed by atoms with van der Waals surface area (Å²) in [7, 11) is -3.97. The van der Waals surface area contributed by atoms with Crippen LogP contribution in [-0.4, -0.2) is 14.3 Å². The topological polar surface area (TPSA) is 89.3 Å². The van der Waals surface area contributed by atoms with E-state index in [1.54, 1.807) is 24.3 Å². The molecule has 0 spiro atoms. The lowest BCUT2D eigenvalue weighted by Crippen LogP contribution is -2.16. The molecule has 0 atom stereocenters. The molecule has 0 unspecified atom stereocenters. The van der Waals surface area contributed by atoms with Gasteiger partial charge < -0.3 is 5.32 Å². The molecule has 7 heteroatoms. The minimum atomic E-state index is -3.97. The molecule has 1 amide bonds. The Hall–Kier alpha value is -2.25. The summed E-state index contributed by atoms with van der Waals surface area (Å²) >= 11 is 0. The number of benzene rings is 2. The quantitative estimate of drug-likeness (QED) is 0.909. The van der Waals surface area contributed by atoms with E-state index in [2.05, 4.69) is 5.32 Å². The van der Waals surface area contributed by atoms with Gasteiger partial charge in [-0.1, -0.05) is 17.7 Å². The van der Waals surface area contributed by atoms with E-state index in [4.69, 9.17) is 5.14 Å². The molecule has 0 aliphatic heterocycles. The van der Waals surface area contributed by atoms with Crippen molar-refractivity contribution in [2.45, 2.75) is 11.8 Å². The van der Waals surface area contributed by atoms with Crippen molar-refractivity contribution in [2.75, 3.05) is 5.32 Å². The molecular weight excluding hydrogens is 295 g/mol. The fourth-order valence-electron chi connectivity index (χ4n) is 1.68. The third kappa shape index (κ3) is 3.65. The number of hydrogen-bond donors (Lipinski definition) is 2. The predicted octanol–water partition coefficient (Wildman–Crippen LogP) is 2.03. The largest absolute Gasteiger partial charge is 0.319 e. The summed E-state index contributed by atoms with van der Waals surface area (Å²) in [5, 5.41) is 7.30. The van der Waals surface area contributed by atoms with Crippen molar-refractivity contribution >= 4 is 21.6 Å². The first-order valence-electron chi connectivity index (χ1n) is 5.98. The first-order chi connectivity index (χ1) is 9.77. The van der Waals surface area contributed by atoms with E-state index in [0.29, 0.717) is 5.56 Å². The Morgan fingerprint density at radius 3 is 2.33 bits per heavy atom. The zero-order chi connectivity index (χ0) is 15.6. The molecule has 0 heterocycles. The molecule has 21 heavy (non-hydrogen) atoms. The van der Waals surface area contributed by atoms with Crippen LogP contribution in [0.25, 0.3) is 0 Å². The van der Waals surface area contributed by atoms with Gasteiger partial charge in [0.1, 0.15) is 5.82 Å². The fourth-order valence-corrected chi connectivity index (χ4v) is 2.22. The fraction of sp³-hybridized carbons (Fsp3) is 0.0714. The van der Waals surface area contributed by atoms with Crippen LogP contribution in [0.2, 0.25) is 0 Å². The van der Waals surface area contributed by atoms with Crippen molar-refractivity contribution < 1.29 is 17.6 Å². The standard InChI is InChI=1S/C14H13FN2O3S/c1-9-2-4-10(5-3-9)14(18)17-13-8-11(21(16,19)20)6-7-12(13)15/h2-8H,1H3,(H,17,18)(H2,16,19,20). The lowest BCUT2D eigenvalue weighted by atomic mass is 10.1. The highest BCUT2D eigenvalue weighted by molar-refractivity contribution is 7.89. The summed E-state index contributed by atoms with van der Waals surface area (Å²) in [6, 6.07) is 9.61. The maximum Gasteiger partial charge on any atom is 0.255 e. The molecule has 0 saturated carbocycles. The van der Waals surface area contributed by atoms with Crippen LogP contribution in [0.1, 0.15) is 15.9 Å². The predicted molar refractivity (Wildman–Crippen MR) is 76.9 cm³/mol. The Labute approximate surface area is 121 Å². The maximum atomic E-state index is 13.6. The Balaban J connectivity index is 2.31. The van der Waals surface area contributed by atoms with Crippen molar-refractivity contribution in [3.63, 3.8) is 0 Å². The maximum absolute atomic E-state index is 13.6. The monoisotopic (exact) mass is 308 g/mol. The summed E-state index contributed by atoms with van der Waals surface area (Å²) in [6.45, 7) is 1.87. The minimum Gasteiger partial charge on any atom is -0.319 e. The second-order valence-electron chi connectivity index (χ2n) is 4.51. The molecule has 2 aromatic carbocycles. The second kappa shape index (κ2) is 5.63. The van der Waals surface area contributed by atoms with Crippen molar-refractivity contribution in [3.8, 4) is 0 Å². The smallest absolute Gasteiger partial charge is 0.255 e. The van der Waals surface area contributed by atoms with E-state index >= 15 is 0 Å². The molecule has 0 fully saturated rings. The van der Waals surface area contributed by atoms with Gasteiger partial charge in [0.2, 0.25) is 10.0 Å². The summed E-state index contributed by atoms with van der Waals surface area (Å²) in [5.41, 5.74) is 1.07. The number of carbonyl (C=O) groups excluding carboxylic acids is 1. The van der Waals surface area contributed by atoms with Crippen molar-refractivity contribution in [2.24, 2.45) is 5.14 Å². The Bertz CT molecular complexity index is 786. The summed E-state index contributed by atoms with van der Waals surface area (Å²) in [4.78, 5) is 11.7. The van der Waals surface area contributed by atoms with Gasteiger partial charge >= 0.3 is 0 Å². The minimum absolute atomic E-state index is 0.243. The van der Waals surface area contributed by atoms with Crippen LogP contribution in [0.5, 0.6) is 0 Å². The Morgan fingerprint density at radius 2 is 1.76 bits per heavy atom. The molecule has 2 rings (SSSR count). The first-order valence-corrected chi connectivity index (χ1v) is 7.52. The van der Waals surface area contributed by atoms with Crippen LogP contribution in [0, 0.1) is 12.7 Å². The van der Waals surface area contributed by atoms with Gasteiger partial charge in [-0.05, 0) is 37.3 Å². The molecule has 5 nitrogen and oxygen atoms in total. The number of amides is 1. The average Bonchev–Trinajstić information content (AvgIpc) is 2.40. The van der Waals surface area contributed by atoms with Crippen LogP contribution in [-0.2, 0) is 10.0 Å². The molecule has 0 saturated heterocycles. The van der Waals surface area contributed by atoms with E-state index in [0.717, 1.165) is 23.8 Å². The SMILES string of the molecule is Cc1ccc(C(=O)Nc2cc(S(N)(=O)=O)ccc2F)cc1. The molecule has 3 N–H and O–H groups in total. The molecular formula is C14H13FN2O3S. The normalized spacial score (nSPS) is 11.2. The van der Waals surface area contributed by atoms with Gasteiger partial charge in [0.25, 0.3) is 5.91 Å². The lowest BCUT2D eigenvalue weighted by molar-refractivity contribution is 0.102. The number of halogens is 1. The Morgan fingerprint density at radius 1 is 1.14 bits per heavy atom. The third-order valence-electron chi connectivity index (χ3n) is 2.83. The molecule has 0 bridgehead atoms. The van der Waals surface area contributed by atoms with Gasteiger partial charge in [-0.15, -0.1) is 0 Å². The van der Waals surface area contributed by atoms with Crippen LogP contribution in [0.4, 0.5) is 10.1 Å². The van der Waals surface area contributed by atoms with Crippen molar-refractivity contribution in [1.29, 1.82) is 0 Å². The van der Waals surface area contributed by atoms with Gasteiger partial charge in [-0.2, -0.15) is 0 Å². The summed E-state index contributed by atoms with van der Waals surface area (Å²) in [6.07, 6.45) is 0. The van der Waals surface area contributed by atoms with Crippen LogP contribution in [0.3, 0.4) is 0 Å². The van der Waals surface area contributed by atoms with Gasteiger partial charge in [-0.25, -0.2) is 17.9 Å². The van der Waals surface area contributed by atoms with Gasteiger partial charge in [0, 0.05) is 5.56 Å². The van der Waals surface area contributed by atoms with Crippen molar-refractivity contribution in [1.82, 2.24) is 0 Å². The number of primary sulfonamides is 1. The number of hydrogen-bond acceptors (Lipinski definition) is 3. The molecule has 0 aromatic heterocycles. The average molecular weight is 308 g/mol. The third-order valence-corrected chi connectivity index (χ3v) is 3.74. The Kier molecular flexibility index (Phi) is 4.06. The summed E-state index contributed by atoms with van der Waals surface area (Å²) < 4.78 is 36.1. The van der Waals surface area contributed by atoms with E-state index < -0.39 is 21.7 Å². The number of sulfonamides is 1. The van der Waals surface area contributed by atoms with Crippen LogP contribution in [0.15, 0.2) is 47.4 Å². The number of anilines is 1. The first kappa shape index (κ1) is 15.1. The van der Waals surface area contributed by atoms with E-state index in [9.17, 15) is 17.6 Å². The van der Waals surface area contributed by atoms with E-state index in [-0.39, 0.29) is 10.6 Å². The van der Waals surface area contributed by atoms with Crippen LogP contribution < -0.4 is 10.5 Å². The lowest BCUT2D eigenvalue weighted by Gasteiger charge is -2.08. The molecule has 0 radical (unpaired) electrons. The second-order valence-corrected chi connectivity index (χ2v) is 6.07. The highest BCUT2D eigenvalue weighted by Crippen LogP contribution is 2.19. The van der Waals surface area contributed by atoms with Gasteiger partial charge in [-0.3, -0.25) is 4.79 Å². The molecule has 0 aliphatic carbocycles. The number of carbonyl (C=O) groups is 1. The molecule has 0 aliphatic rings. The zero-order valence-corrected chi connectivity index (χ0v) is 11.9. The number of aryl methyl sites for hydroxylation is 1. The number of rotatable bonds is 3. The molecule has 2 aromatic rings.